The lowest BCUT2D eigenvalue weighted by atomic mass is 9.90. The number of anilines is 2. The number of nitrogen functional groups attached to an aromatic ring is 2. The lowest BCUT2D eigenvalue weighted by Gasteiger charge is -2.23. The Hall–Kier alpha value is -1.29. The van der Waals surface area contributed by atoms with Crippen LogP contribution in [0.3, 0.4) is 0 Å². The lowest BCUT2D eigenvalue weighted by molar-refractivity contribution is 0.0846. The molecule has 1 aromatic carbocycles. The van der Waals surface area contributed by atoms with E-state index in [1.807, 2.05) is 0 Å². The van der Waals surface area contributed by atoms with Gasteiger partial charge in [0.25, 0.3) is 0 Å². The molecule has 0 atom stereocenters. The van der Waals surface area contributed by atoms with Crippen molar-refractivity contribution in [3.8, 4) is 0 Å². The van der Waals surface area contributed by atoms with Gasteiger partial charge in [-0.2, -0.15) is 0 Å². The molecule has 1 aliphatic rings. The highest BCUT2D eigenvalue weighted by molar-refractivity contribution is 5.65. The first-order valence-electron chi connectivity index (χ1n) is 5.11. The highest BCUT2D eigenvalue weighted by atomic mass is 19.1. The largest absolute Gasteiger partial charge is 0.397 e. The van der Waals surface area contributed by atoms with Crippen LogP contribution in [0.2, 0.25) is 0 Å². The average Bonchev–Trinajstić information content (AvgIpc) is 2.27. The number of rotatable bonds is 1. The van der Waals surface area contributed by atoms with Gasteiger partial charge in [-0.15, -0.1) is 0 Å². The van der Waals surface area contributed by atoms with Gasteiger partial charge in [-0.3, -0.25) is 0 Å². The molecule has 1 fully saturated rings. The summed E-state index contributed by atoms with van der Waals surface area (Å²) in [6.45, 7) is 1.38. The van der Waals surface area contributed by atoms with Crippen LogP contribution >= 0.6 is 0 Å². The van der Waals surface area contributed by atoms with E-state index in [-0.39, 0.29) is 17.4 Å². The van der Waals surface area contributed by atoms with E-state index in [2.05, 4.69) is 0 Å². The van der Waals surface area contributed by atoms with Crippen LogP contribution < -0.4 is 11.5 Å². The minimum absolute atomic E-state index is 0.0685. The van der Waals surface area contributed by atoms with Crippen molar-refractivity contribution >= 4 is 11.4 Å². The van der Waals surface area contributed by atoms with Crippen molar-refractivity contribution in [3.63, 3.8) is 0 Å². The fourth-order valence-corrected chi connectivity index (χ4v) is 1.95. The normalized spacial score (nSPS) is 17.9. The molecular formula is C11H15FN2O. The van der Waals surface area contributed by atoms with Gasteiger partial charge < -0.3 is 16.2 Å². The van der Waals surface area contributed by atoms with Crippen molar-refractivity contribution in [1.82, 2.24) is 0 Å². The van der Waals surface area contributed by atoms with Crippen molar-refractivity contribution in [2.75, 3.05) is 24.7 Å². The number of ether oxygens (including phenoxy) is 1. The molecule has 15 heavy (non-hydrogen) atoms. The second-order valence-corrected chi connectivity index (χ2v) is 3.86. The van der Waals surface area contributed by atoms with Crippen LogP contribution in [-0.2, 0) is 4.74 Å². The Bertz CT molecular complexity index is 362. The quantitative estimate of drug-likeness (QED) is 0.696. The Morgan fingerprint density at radius 2 is 1.87 bits per heavy atom. The first kappa shape index (κ1) is 10.2. The topological polar surface area (TPSA) is 61.3 Å². The Balaban J connectivity index is 2.31. The van der Waals surface area contributed by atoms with Gasteiger partial charge in [0.2, 0.25) is 0 Å². The molecular weight excluding hydrogens is 195 g/mol. The predicted molar refractivity (Wildman–Crippen MR) is 58.0 cm³/mol. The first-order valence-corrected chi connectivity index (χ1v) is 5.11. The summed E-state index contributed by atoms with van der Waals surface area (Å²) in [5.41, 5.74) is 12.1. The zero-order valence-corrected chi connectivity index (χ0v) is 8.50. The van der Waals surface area contributed by atoms with E-state index in [1.165, 1.54) is 0 Å². The molecule has 1 aromatic rings. The second-order valence-electron chi connectivity index (χ2n) is 3.86. The van der Waals surface area contributed by atoms with Gasteiger partial charge in [-0.05, 0) is 30.4 Å². The maximum absolute atomic E-state index is 13.8. The number of nitrogens with two attached hydrogens (primary N) is 2. The number of hydrogen-bond donors (Lipinski definition) is 2. The highest BCUT2D eigenvalue weighted by Gasteiger charge is 2.20. The summed E-state index contributed by atoms with van der Waals surface area (Å²) < 4.78 is 19.0. The SMILES string of the molecule is Nc1ccc(C2CCOCC2)c(F)c1N. The molecule has 3 nitrogen and oxygen atoms in total. The molecule has 2 rings (SSSR count). The molecule has 4 heteroatoms. The summed E-state index contributed by atoms with van der Waals surface area (Å²) in [4.78, 5) is 0. The summed E-state index contributed by atoms with van der Waals surface area (Å²) in [6.07, 6.45) is 1.69. The van der Waals surface area contributed by atoms with Crippen molar-refractivity contribution in [3.05, 3.63) is 23.5 Å². The monoisotopic (exact) mass is 210 g/mol. The molecule has 0 radical (unpaired) electrons. The minimum Gasteiger partial charge on any atom is -0.397 e. The van der Waals surface area contributed by atoms with E-state index in [9.17, 15) is 4.39 Å². The first-order chi connectivity index (χ1) is 7.20. The summed E-state index contributed by atoms with van der Waals surface area (Å²) in [5, 5.41) is 0. The Kier molecular flexibility index (Phi) is 2.77. The van der Waals surface area contributed by atoms with E-state index < -0.39 is 0 Å². The van der Waals surface area contributed by atoms with Crippen LogP contribution in [0.5, 0.6) is 0 Å². The van der Waals surface area contributed by atoms with Crippen molar-refractivity contribution in [2.24, 2.45) is 0 Å². The zero-order valence-electron chi connectivity index (χ0n) is 8.50. The third-order valence-corrected chi connectivity index (χ3v) is 2.90. The fourth-order valence-electron chi connectivity index (χ4n) is 1.95. The summed E-state index contributed by atoms with van der Waals surface area (Å²) in [7, 11) is 0. The van der Waals surface area contributed by atoms with Gasteiger partial charge in [0.05, 0.1) is 11.4 Å². The van der Waals surface area contributed by atoms with E-state index in [0.29, 0.717) is 24.5 Å². The molecule has 1 aliphatic heterocycles. The fraction of sp³-hybridized carbons (Fsp3) is 0.455. The maximum Gasteiger partial charge on any atom is 0.151 e. The summed E-state index contributed by atoms with van der Waals surface area (Å²) >= 11 is 0. The van der Waals surface area contributed by atoms with Crippen LogP contribution in [0.25, 0.3) is 0 Å². The number of benzene rings is 1. The van der Waals surface area contributed by atoms with Gasteiger partial charge >= 0.3 is 0 Å². The van der Waals surface area contributed by atoms with Gasteiger partial charge in [-0.25, -0.2) is 4.39 Å². The van der Waals surface area contributed by atoms with E-state index >= 15 is 0 Å². The van der Waals surface area contributed by atoms with E-state index in [1.54, 1.807) is 12.1 Å². The molecule has 0 aliphatic carbocycles. The van der Waals surface area contributed by atoms with Crippen molar-refractivity contribution in [1.29, 1.82) is 0 Å². The minimum atomic E-state index is -0.359. The standard InChI is InChI=1S/C11H15FN2O/c12-10-8(1-2-9(13)11(10)14)7-3-5-15-6-4-7/h1-2,7H,3-6,13-14H2. The zero-order chi connectivity index (χ0) is 10.8. The molecule has 0 amide bonds. The summed E-state index contributed by atoms with van der Waals surface area (Å²) in [5.74, 6) is -0.149. The van der Waals surface area contributed by atoms with Gasteiger partial charge in [0.15, 0.2) is 5.82 Å². The van der Waals surface area contributed by atoms with Gasteiger partial charge in [0.1, 0.15) is 0 Å². The van der Waals surface area contributed by atoms with Gasteiger partial charge in [-0.1, -0.05) is 6.07 Å². The van der Waals surface area contributed by atoms with Crippen LogP contribution in [0.15, 0.2) is 12.1 Å². The third-order valence-electron chi connectivity index (χ3n) is 2.90. The van der Waals surface area contributed by atoms with Gasteiger partial charge in [0, 0.05) is 13.2 Å². The summed E-state index contributed by atoms with van der Waals surface area (Å²) in [6, 6.07) is 3.40. The van der Waals surface area contributed by atoms with E-state index in [0.717, 1.165) is 12.8 Å². The predicted octanol–water partition coefficient (Wildman–Crippen LogP) is 1.88. The molecule has 0 bridgehead atoms. The highest BCUT2D eigenvalue weighted by Crippen LogP contribution is 2.32. The van der Waals surface area contributed by atoms with Crippen molar-refractivity contribution < 1.29 is 9.13 Å². The maximum atomic E-state index is 13.8. The molecule has 1 heterocycles. The van der Waals surface area contributed by atoms with Crippen molar-refractivity contribution in [2.45, 2.75) is 18.8 Å². The molecule has 0 aromatic heterocycles. The number of hydrogen-bond acceptors (Lipinski definition) is 3. The molecule has 0 unspecified atom stereocenters. The smallest absolute Gasteiger partial charge is 0.151 e. The molecule has 0 spiro atoms. The Labute approximate surface area is 88.2 Å². The Morgan fingerprint density at radius 1 is 1.20 bits per heavy atom. The molecule has 4 N–H and O–H groups in total. The van der Waals surface area contributed by atoms with Crippen LogP contribution in [0, 0.1) is 5.82 Å². The Morgan fingerprint density at radius 3 is 2.53 bits per heavy atom. The average molecular weight is 210 g/mol. The lowest BCUT2D eigenvalue weighted by Crippen LogP contribution is -2.16. The second kappa shape index (κ2) is 4.06. The van der Waals surface area contributed by atoms with Crippen LogP contribution in [-0.4, -0.2) is 13.2 Å². The molecule has 1 saturated heterocycles. The van der Waals surface area contributed by atoms with Crippen LogP contribution in [0.4, 0.5) is 15.8 Å². The van der Waals surface area contributed by atoms with E-state index in [4.69, 9.17) is 16.2 Å². The molecule has 82 valence electrons. The van der Waals surface area contributed by atoms with Crippen LogP contribution in [0.1, 0.15) is 24.3 Å². The number of halogens is 1. The third kappa shape index (κ3) is 1.90. The molecule has 0 saturated carbocycles.